The average molecular weight is 365 g/mol. The summed E-state index contributed by atoms with van der Waals surface area (Å²) in [4.78, 5) is 19.1. The summed E-state index contributed by atoms with van der Waals surface area (Å²) in [6, 6.07) is 13.6. The van der Waals surface area contributed by atoms with E-state index in [0.29, 0.717) is 11.3 Å². The molecule has 2 aromatic carbocycles. The summed E-state index contributed by atoms with van der Waals surface area (Å²) >= 11 is 0. The van der Waals surface area contributed by atoms with E-state index in [-0.39, 0.29) is 5.70 Å². The molecule has 0 unspecified atom stereocenters. The number of ketones is 1. The Morgan fingerprint density at radius 3 is 2.50 bits per heavy atom. The summed E-state index contributed by atoms with van der Waals surface area (Å²) < 4.78 is 24.8. The molecule has 0 atom stereocenters. The number of Topliss-reactive ketones (excluding diaryl/α,β-unsaturated/α-hetero) is 1. The van der Waals surface area contributed by atoms with Gasteiger partial charge in [0.1, 0.15) is 0 Å². The number of rotatable bonds is 5. The van der Waals surface area contributed by atoms with Crippen molar-refractivity contribution in [3.05, 3.63) is 83.0 Å². The van der Waals surface area contributed by atoms with Crippen molar-refractivity contribution in [1.29, 1.82) is 0 Å². The normalized spacial score (nSPS) is 11.9. The number of H-pyrrole nitrogens is 1. The molecule has 3 rings (SSSR count). The minimum atomic E-state index is -3.38. The Balaban J connectivity index is 1.91. The van der Waals surface area contributed by atoms with Crippen LogP contribution in [0, 0.1) is 6.57 Å². The zero-order valence-electron chi connectivity index (χ0n) is 13.9. The second-order valence-corrected chi connectivity index (χ2v) is 7.46. The van der Waals surface area contributed by atoms with Crippen molar-refractivity contribution in [3.8, 4) is 0 Å². The highest BCUT2D eigenvalue weighted by Crippen LogP contribution is 2.22. The van der Waals surface area contributed by atoms with Crippen LogP contribution in [0.25, 0.3) is 21.8 Å². The molecule has 0 saturated heterocycles. The topological polar surface area (TPSA) is 83.4 Å². The lowest BCUT2D eigenvalue weighted by atomic mass is 10.1. The Kier molecular flexibility index (Phi) is 4.61. The number of allylic oxidation sites excluding steroid dienone is 1. The number of fused-ring (bicyclic) bond motifs is 1. The van der Waals surface area contributed by atoms with Crippen molar-refractivity contribution >= 4 is 38.5 Å². The first kappa shape index (κ1) is 17.5. The largest absolute Gasteiger partial charge is 0.361 e. The Morgan fingerprint density at radius 1 is 1.15 bits per heavy atom. The van der Waals surface area contributed by atoms with Gasteiger partial charge < -0.3 is 9.78 Å². The fourth-order valence-corrected chi connectivity index (χ4v) is 3.13. The molecule has 0 bridgehead atoms. The summed E-state index contributed by atoms with van der Waals surface area (Å²) in [5.74, 6) is -0.420. The van der Waals surface area contributed by atoms with Crippen molar-refractivity contribution < 1.29 is 13.2 Å². The zero-order valence-corrected chi connectivity index (χ0v) is 14.7. The van der Waals surface area contributed by atoms with E-state index in [1.165, 1.54) is 24.3 Å². The van der Waals surface area contributed by atoms with Gasteiger partial charge in [-0.15, -0.1) is 0 Å². The summed E-state index contributed by atoms with van der Waals surface area (Å²) in [6.45, 7) is 7.34. The van der Waals surface area contributed by atoms with E-state index in [1.54, 1.807) is 12.3 Å². The molecule has 26 heavy (non-hydrogen) atoms. The maximum Gasteiger partial charge on any atom is 0.234 e. The number of carbonyl (C=O) groups is 1. The van der Waals surface area contributed by atoms with Gasteiger partial charge in [0.15, 0.2) is 5.78 Å². The van der Waals surface area contributed by atoms with E-state index in [0.717, 1.165) is 22.7 Å². The second kappa shape index (κ2) is 6.86. The van der Waals surface area contributed by atoms with E-state index in [4.69, 9.17) is 6.57 Å². The zero-order chi connectivity index (χ0) is 18.7. The molecule has 0 aliphatic heterocycles. The van der Waals surface area contributed by atoms with E-state index < -0.39 is 15.8 Å². The van der Waals surface area contributed by atoms with Gasteiger partial charge in [-0.1, -0.05) is 30.3 Å². The molecule has 1 aromatic heterocycles. The van der Waals surface area contributed by atoms with Crippen molar-refractivity contribution in [1.82, 2.24) is 4.98 Å². The first-order valence-corrected chi connectivity index (χ1v) is 9.54. The monoisotopic (exact) mass is 365 g/mol. The van der Waals surface area contributed by atoms with Crippen LogP contribution in [0.15, 0.2) is 60.4 Å². The van der Waals surface area contributed by atoms with Gasteiger partial charge in [-0.25, -0.2) is 13.3 Å². The molecule has 0 aliphatic rings. The number of para-hydroxylation sites is 1. The maximum absolute atomic E-state index is 12.6. The highest BCUT2D eigenvalue weighted by Gasteiger charge is 2.14. The molecule has 0 amide bonds. The standard InChI is InChI=1S/C19H15N3O3S/c1-20-18(11-14-12-21-17-6-4-3-5-16(14)17)19(23)13-7-9-15(10-8-13)22-26(2,24)25/h3-12,21-22H,2H3/b18-11+. The molecule has 0 spiro atoms. The van der Waals surface area contributed by atoms with Crippen molar-refractivity contribution in [2.75, 3.05) is 11.0 Å². The number of nitrogens with zero attached hydrogens (tertiary/aromatic N) is 1. The van der Waals surface area contributed by atoms with E-state index in [1.807, 2.05) is 24.3 Å². The molecular weight excluding hydrogens is 350 g/mol. The van der Waals surface area contributed by atoms with Crippen molar-refractivity contribution in [2.24, 2.45) is 0 Å². The molecule has 1 heterocycles. The minimum Gasteiger partial charge on any atom is -0.361 e. The number of aromatic nitrogens is 1. The minimum absolute atomic E-state index is 0.0152. The SMILES string of the molecule is [C-]#[N+]/C(=C/c1c[nH]c2ccccc12)C(=O)c1ccc(NS(C)(=O)=O)cc1. The van der Waals surface area contributed by atoms with Crippen LogP contribution >= 0.6 is 0 Å². The number of anilines is 1. The van der Waals surface area contributed by atoms with Gasteiger partial charge >= 0.3 is 0 Å². The summed E-state index contributed by atoms with van der Waals surface area (Å²) in [7, 11) is -3.38. The molecular formula is C19H15N3O3S. The van der Waals surface area contributed by atoms with Crippen molar-refractivity contribution in [2.45, 2.75) is 0 Å². The van der Waals surface area contributed by atoms with Gasteiger partial charge in [-0.3, -0.25) is 4.72 Å². The first-order valence-electron chi connectivity index (χ1n) is 7.65. The fourth-order valence-electron chi connectivity index (χ4n) is 2.56. The van der Waals surface area contributed by atoms with E-state index in [9.17, 15) is 13.2 Å². The van der Waals surface area contributed by atoms with Crippen LogP contribution in [0.1, 0.15) is 15.9 Å². The van der Waals surface area contributed by atoms with Crippen LogP contribution in [-0.4, -0.2) is 25.4 Å². The third-order valence-electron chi connectivity index (χ3n) is 3.72. The lowest BCUT2D eigenvalue weighted by molar-refractivity contribution is 0.103. The Hall–Kier alpha value is -3.37. The molecule has 0 aliphatic carbocycles. The second-order valence-electron chi connectivity index (χ2n) is 5.71. The molecule has 6 nitrogen and oxygen atoms in total. The van der Waals surface area contributed by atoms with Crippen LogP contribution in [0.5, 0.6) is 0 Å². The van der Waals surface area contributed by atoms with Gasteiger partial charge in [-0.2, -0.15) is 0 Å². The maximum atomic E-state index is 12.6. The van der Waals surface area contributed by atoms with Crippen LogP contribution in [0.4, 0.5) is 5.69 Å². The van der Waals surface area contributed by atoms with E-state index in [2.05, 4.69) is 14.6 Å². The molecule has 0 radical (unpaired) electrons. The third-order valence-corrected chi connectivity index (χ3v) is 4.32. The predicted octanol–water partition coefficient (Wildman–Crippen LogP) is 3.68. The predicted molar refractivity (Wildman–Crippen MR) is 102 cm³/mol. The van der Waals surface area contributed by atoms with E-state index >= 15 is 0 Å². The number of sulfonamides is 1. The quantitative estimate of drug-likeness (QED) is 0.411. The van der Waals surface area contributed by atoms with Crippen LogP contribution in [0.3, 0.4) is 0 Å². The lowest BCUT2D eigenvalue weighted by Gasteiger charge is -2.05. The van der Waals surface area contributed by atoms with Gasteiger partial charge in [-0.05, 0) is 29.8 Å². The first-order chi connectivity index (χ1) is 12.4. The lowest BCUT2D eigenvalue weighted by Crippen LogP contribution is -2.09. The highest BCUT2D eigenvalue weighted by molar-refractivity contribution is 7.92. The number of benzene rings is 2. The smallest absolute Gasteiger partial charge is 0.234 e. The van der Waals surface area contributed by atoms with Crippen LogP contribution in [-0.2, 0) is 10.0 Å². The van der Waals surface area contributed by atoms with Gasteiger partial charge in [0.25, 0.3) is 0 Å². The number of carbonyl (C=O) groups excluding carboxylic acids is 1. The number of hydrogen-bond acceptors (Lipinski definition) is 3. The number of aromatic amines is 1. The molecule has 2 N–H and O–H groups in total. The fraction of sp³-hybridized carbons (Fsp3) is 0.0526. The van der Waals surface area contributed by atoms with Crippen LogP contribution < -0.4 is 4.72 Å². The molecule has 3 aromatic rings. The number of hydrogen-bond donors (Lipinski definition) is 2. The Labute approximate surface area is 151 Å². The highest BCUT2D eigenvalue weighted by atomic mass is 32.2. The van der Waals surface area contributed by atoms with Crippen LogP contribution in [0.2, 0.25) is 0 Å². The van der Waals surface area contributed by atoms with Crippen molar-refractivity contribution in [3.63, 3.8) is 0 Å². The van der Waals surface area contributed by atoms with Gasteiger partial charge in [0, 0.05) is 28.4 Å². The average Bonchev–Trinajstić information content (AvgIpc) is 3.01. The molecule has 0 saturated carbocycles. The molecule has 130 valence electrons. The summed E-state index contributed by atoms with van der Waals surface area (Å²) in [5.41, 5.74) is 2.33. The Morgan fingerprint density at radius 2 is 1.85 bits per heavy atom. The van der Waals surface area contributed by atoms with Gasteiger partial charge in [0.2, 0.25) is 15.7 Å². The van der Waals surface area contributed by atoms with Gasteiger partial charge in [0.05, 0.1) is 12.8 Å². The molecule has 0 fully saturated rings. The Bertz CT molecular complexity index is 1150. The summed E-state index contributed by atoms with van der Waals surface area (Å²) in [6.07, 6.45) is 4.35. The molecule has 7 heteroatoms. The number of nitrogens with one attached hydrogen (secondary N) is 2. The summed E-state index contributed by atoms with van der Waals surface area (Å²) in [5, 5.41) is 0.925. The third kappa shape index (κ3) is 3.82.